The molecule has 1 aliphatic rings. The van der Waals surface area contributed by atoms with Crippen LogP contribution in [0, 0.1) is 11.3 Å². The number of carbonyl (C=O) groups excluding carboxylic acids is 1. The summed E-state index contributed by atoms with van der Waals surface area (Å²) in [5, 5.41) is 18.2. The van der Waals surface area contributed by atoms with Gasteiger partial charge in [-0.05, 0) is 13.3 Å². The van der Waals surface area contributed by atoms with Crippen molar-refractivity contribution in [1.82, 2.24) is 0 Å². The maximum Gasteiger partial charge on any atom is 0.239 e. The lowest BCUT2D eigenvalue weighted by atomic mass is 9.93. The molecule has 3 unspecified atom stereocenters. The number of hydrogen-bond donors (Lipinski definition) is 1. The molecule has 0 aromatic rings. The van der Waals surface area contributed by atoms with Gasteiger partial charge in [0.1, 0.15) is 18.3 Å². The number of ketones is 1. The molecule has 0 aliphatic carbocycles. The molecule has 4 nitrogen and oxygen atoms in total. The van der Waals surface area contributed by atoms with E-state index in [-0.39, 0.29) is 0 Å². The highest BCUT2D eigenvalue weighted by molar-refractivity contribution is 5.95. The second kappa shape index (κ2) is 2.85. The van der Waals surface area contributed by atoms with Crippen molar-refractivity contribution in [3.63, 3.8) is 0 Å². The lowest BCUT2D eigenvalue weighted by molar-refractivity contribution is -0.130. The summed E-state index contributed by atoms with van der Waals surface area (Å²) in [4.78, 5) is 11.2. The Balaban J connectivity index is 2.97. The first-order chi connectivity index (χ1) is 5.56. The van der Waals surface area contributed by atoms with Crippen LogP contribution in [0.1, 0.15) is 20.3 Å². The van der Waals surface area contributed by atoms with Crippen LogP contribution in [0.4, 0.5) is 0 Å². The molecule has 12 heavy (non-hydrogen) atoms. The smallest absolute Gasteiger partial charge is 0.239 e. The number of ether oxygens (including phenoxy) is 1. The van der Waals surface area contributed by atoms with Crippen LogP contribution in [0.25, 0.3) is 0 Å². The second-order valence-corrected chi connectivity index (χ2v) is 2.92. The Morgan fingerprint density at radius 1 is 1.83 bits per heavy atom. The van der Waals surface area contributed by atoms with Crippen molar-refractivity contribution >= 4 is 5.78 Å². The Kier molecular flexibility index (Phi) is 2.18. The molecule has 0 bridgehead atoms. The highest BCUT2D eigenvalue weighted by Gasteiger charge is 2.53. The summed E-state index contributed by atoms with van der Waals surface area (Å²) < 4.78 is 5.11. The van der Waals surface area contributed by atoms with Crippen LogP contribution in [-0.4, -0.2) is 28.7 Å². The SMILES string of the molecule is CCC1OC(C)C(=O)C1(O)C#N. The lowest BCUT2D eigenvalue weighted by Gasteiger charge is -2.16. The highest BCUT2D eigenvalue weighted by atomic mass is 16.5. The minimum atomic E-state index is -1.92. The summed E-state index contributed by atoms with van der Waals surface area (Å²) in [7, 11) is 0. The van der Waals surface area contributed by atoms with E-state index in [1.54, 1.807) is 19.9 Å². The van der Waals surface area contributed by atoms with E-state index in [0.717, 1.165) is 0 Å². The van der Waals surface area contributed by atoms with Crippen molar-refractivity contribution in [3.05, 3.63) is 0 Å². The maximum atomic E-state index is 11.2. The molecule has 0 radical (unpaired) electrons. The normalized spacial score (nSPS) is 41.3. The van der Waals surface area contributed by atoms with E-state index in [0.29, 0.717) is 6.42 Å². The third-order valence-corrected chi connectivity index (χ3v) is 2.12. The third-order valence-electron chi connectivity index (χ3n) is 2.12. The molecule has 1 heterocycles. The van der Waals surface area contributed by atoms with Crippen LogP contribution >= 0.6 is 0 Å². The van der Waals surface area contributed by atoms with Gasteiger partial charge in [-0.25, -0.2) is 0 Å². The summed E-state index contributed by atoms with van der Waals surface area (Å²) >= 11 is 0. The molecule has 0 amide bonds. The van der Waals surface area contributed by atoms with Crippen molar-refractivity contribution in [1.29, 1.82) is 5.26 Å². The van der Waals surface area contributed by atoms with E-state index in [1.165, 1.54) is 0 Å². The molecule has 1 fully saturated rings. The Hall–Kier alpha value is -0.920. The van der Waals surface area contributed by atoms with Crippen LogP contribution in [0.3, 0.4) is 0 Å². The van der Waals surface area contributed by atoms with Gasteiger partial charge in [0, 0.05) is 0 Å². The van der Waals surface area contributed by atoms with Crippen molar-refractivity contribution in [2.45, 2.75) is 38.1 Å². The van der Waals surface area contributed by atoms with Gasteiger partial charge >= 0.3 is 0 Å². The van der Waals surface area contributed by atoms with Crippen LogP contribution in [0.5, 0.6) is 0 Å². The predicted molar refractivity (Wildman–Crippen MR) is 40.2 cm³/mol. The Bertz CT molecular complexity index is 245. The minimum absolute atomic E-state index is 0.458. The van der Waals surface area contributed by atoms with Crippen molar-refractivity contribution in [2.75, 3.05) is 0 Å². The molecule has 0 aromatic heterocycles. The Labute approximate surface area is 70.7 Å². The number of hydrogen-bond acceptors (Lipinski definition) is 4. The number of nitrogens with zero attached hydrogens (tertiary/aromatic N) is 1. The maximum absolute atomic E-state index is 11.2. The van der Waals surface area contributed by atoms with Crippen molar-refractivity contribution < 1.29 is 14.6 Å². The second-order valence-electron chi connectivity index (χ2n) is 2.92. The molecule has 0 aromatic carbocycles. The van der Waals surface area contributed by atoms with Gasteiger partial charge in [-0.15, -0.1) is 0 Å². The van der Waals surface area contributed by atoms with E-state index < -0.39 is 23.6 Å². The van der Waals surface area contributed by atoms with Gasteiger partial charge < -0.3 is 9.84 Å². The number of aliphatic hydroxyl groups is 1. The summed E-state index contributed by atoms with van der Waals surface area (Å²) in [5.74, 6) is -0.531. The molecule has 4 heteroatoms. The molecule has 1 N–H and O–H groups in total. The van der Waals surface area contributed by atoms with Crippen LogP contribution in [0.15, 0.2) is 0 Å². The molecule has 1 saturated heterocycles. The zero-order valence-electron chi connectivity index (χ0n) is 7.07. The first-order valence-corrected chi connectivity index (χ1v) is 3.89. The van der Waals surface area contributed by atoms with Gasteiger partial charge in [0.15, 0.2) is 0 Å². The summed E-state index contributed by atoms with van der Waals surface area (Å²) in [6.07, 6.45) is -0.884. The molecule has 0 saturated carbocycles. The van der Waals surface area contributed by atoms with Crippen molar-refractivity contribution in [2.24, 2.45) is 0 Å². The van der Waals surface area contributed by atoms with Gasteiger partial charge in [-0.3, -0.25) is 4.79 Å². The summed E-state index contributed by atoms with van der Waals surface area (Å²) in [6, 6.07) is 1.60. The first-order valence-electron chi connectivity index (χ1n) is 3.89. The Morgan fingerprint density at radius 2 is 2.42 bits per heavy atom. The quantitative estimate of drug-likeness (QED) is 0.561. The fourth-order valence-corrected chi connectivity index (χ4v) is 1.39. The molecule has 1 rings (SSSR count). The molecular formula is C8H11NO3. The fourth-order valence-electron chi connectivity index (χ4n) is 1.39. The largest absolute Gasteiger partial charge is 0.367 e. The zero-order valence-corrected chi connectivity index (χ0v) is 7.07. The van der Waals surface area contributed by atoms with E-state index >= 15 is 0 Å². The van der Waals surface area contributed by atoms with Gasteiger partial charge in [-0.1, -0.05) is 6.92 Å². The topological polar surface area (TPSA) is 70.3 Å². The lowest BCUT2D eigenvalue weighted by Crippen LogP contribution is -2.43. The monoisotopic (exact) mass is 169 g/mol. The Morgan fingerprint density at radius 3 is 2.75 bits per heavy atom. The number of nitriles is 1. The molecular weight excluding hydrogens is 158 g/mol. The van der Waals surface area contributed by atoms with Gasteiger partial charge in [0.05, 0.1) is 0 Å². The summed E-state index contributed by atoms with van der Waals surface area (Å²) in [5.41, 5.74) is -1.92. The van der Waals surface area contributed by atoms with Gasteiger partial charge in [-0.2, -0.15) is 5.26 Å². The van der Waals surface area contributed by atoms with Crippen molar-refractivity contribution in [3.8, 4) is 6.07 Å². The summed E-state index contributed by atoms with van der Waals surface area (Å²) in [6.45, 7) is 3.30. The highest BCUT2D eigenvalue weighted by Crippen LogP contribution is 2.28. The average Bonchev–Trinajstić information content (AvgIpc) is 2.30. The third kappa shape index (κ3) is 1.02. The van der Waals surface area contributed by atoms with Crippen LogP contribution < -0.4 is 0 Å². The zero-order chi connectivity index (χ0) is 9.35. The molecule has 1 aliphatic heterocycles. The average molecular weight is 169 g/mol. The number of carbonyl (C=O) groups is 1. The van der Waals surface area contributed by atoms with Crippen LogP contribution in [0.2, 0.25) is 0 Å². The molecule has 3 atom stereocenters. The predicted octanol–water partition coefficient (Wildman–Crippen LogP) is 0.00748. The number of Topliss-reactive ketones (excluding diaryl/α,β-unsaturated/α-hetero) is 1. The van der Waals surface area contributed by atoms with E-state index in [2.05, 4.69) is 0 Å². The fraction of sp³-hybridized carbons (Fsp3) is 0.750. The minimum Gasteiger partial charge on any atom is -0.367 e. The van der Waals surface area contributed by atoms with E-state index in [4.69, 9.17) is 10.00 Å². The molecule has 66 valence electrons. The van der Waals surface area contributed by atoms with Crippen LogP contribution in [-0.2, 0) is 9.53 Å². The number of rotatable bonds is 1. The van der Waals surface area contributed by atoms with E-state index in [9.17, 15) is 9.90 Å². The van der Waals surface area contributed by atoms with Gasteiger partial charge in [0.2, 0.25) is 11.4 Å². The van der Waals surface area contributed by atoms with Gasteiger partial charge in [0.25, 0.3) is 0 Å². The van der Waals surface area contributed by atoms with E-state index in [1.807, 2.05) is 0 Å². The first kappa shape index (κ1) is 9.17. The molecule has 0 spiro atoms. The standard InChI is InChI=1S/C8H11NO3/c1-3-6-8(11,4-9)7(10)5(2)12-6/h5-6,11H,3H2,1-2H3.